The first kappa shape index (κ1) is 28.7. The minimum atomic E-state index is -0.895. The molecule has 2 N–H and O–H groups in total. The molecule has 214 valence electrons. The summed E-state index contributed by atoms with van der Waals surface area (Å²) in [6.07, 6.45) is 2.02. The van der Waals surface area contributed by atoms with Crippen LogP contribution < -0.4 is 5.32 Å². The summed E-state index contributed by atoms with van der Waals surface area (Å²) in [5.74, 6) is -2.45. The Labute approximate surface area is 243 Å². The van der Waals surface area contributed by atoms with Crippen molar-refractivity contribution in [1.82, 2.24) is 19.7 Å². The number of halogens is 2. The van der Waals surface area contributed by atoms with Gasteiger partial charge in [0.1, 0.15) is 10.8 Å². The molecule has 3 heterocycles. The van der Waals surface area contributed by atoms with E-state index in [0.29, 0.717) is 29.8 Å². The van der Waals surface area contributed by atoms with Gasteiger partial charge in [-0.1, -0.05) is 29.8 Å². The first-order chi connectivity index (χ1) is 19.6. The normalized spacial score (nSPS) is 16.8. The molecule has 1 unspecified atom stereocenters. The molecule has 2 amide bonds. The lowest BCUT2D eigenvalue weighted by atomic mass is 10.1. The van der Waals surface area contributed by atoms with E-state index in [2.05, 4.69) is 15.4 Å². The molecule has 2 aromatic carbocycles. The molecule has 0 radical (unpaired) electrons. The fraction of sp³-hybridized carbons (Fsp3) is 0.321. The minimum Gasteiger partial charge on any atom is -0.481 e. The first-order valence-corrected chi connectivity index (χ1v) is 14.0. The summed E-state index contributed by atoms with van der Waals surface area (Å²) in [6.45, 7) is 0.311. The van der Waals surface area contributed by atoms with Crippen LogP contribution in [0.4, 0.5) is 10.1 Å². The number of carboxylic acid groups (broad SMARTS) is 1. The topological polar surface area (TPSA) is 127 Å². The number of likely N-dealkylation sites (tertiary alicyclic amines) is 1. The van der Waals surface area contributed by atoms with Crippen molar-refractivity contribution in [3.05, 3.63) is 74.6 Å². The number of rotatable bonds is 9. The van der Waals surface area contributed by atoms with E-state index >= 15 is 4.39 Å². The molecule has 1 saturated heterocycles. The number of hydrogen-bond donors (Lipinski definition) is 2. The van der Waals surface area contributed by atoms with E-state index in [4.69, 9.17) is 21.4 Å². The molecule has 4 aromatic rings. The second-order valence-corrected chi connectivity index (χ2v) is 11.3. The van der Waals surface area contributed by atoms with Crippen LogP contribution in [0.15, 0.2) is 42.6 Å². The van der Waals surface area contributed by atoms with Gasteiger partial charge in [-0.2, -0.15) is 5.10 Å². The largest absolute Gasteiger partial charge is 0.481 e. The van der Waals surface area contributed by atoms with Crippen LogP contribution in [0, 0.1) is 5.82 Å². The standard InChI is InChI=1S/C28H27ClFN5O5S/c1-34-22-6-4-3-5-18(22)26(33-34)27(39)32-21-12-20(30)15(9-19(21)29)10-24(36)35-14-16(40-2)11-23(35)28-31-13-17(41-28)7-8-25(37)38/h3-6,9,12-13,16,23H,7-8,10-11,14H2,1-2H3,(H,32,39)(H,37,38)/t16?,23-/m0/s1. The Morgan fingerprint density at radius 2 is 2.05 bits per heavy atom. The van der Waals surface area contributed by atoms with Crippen molar-refractivity contribution in [2.75, 3.05) is 19.0 Å². The molecule has 1 fully saturated rings. The molecule has 5 rings (SSSR count). The number of ether oxygens (including phenoxy) is 1. The second-order valence-electron chi connectivity index (χ2n) is 9.76. The van der Waals surface area contributed by atoms with E-state index in [1.807, 2.05) is 12.1 Å². The maximum Gasteiger partial charge on any atom is 0.303 e. The van der Waals surface area contributed by atoms with Gasteiger partial charge in [0.2, 0.25) is 5.91 Å². The van der Waals surface area contributed by atoms with Crippen molar-refractivity contribution >= 4 is 57.3 Å². The molecule has 41 heavy (non-hydrogen) atoms. The highest BCUT2D eigenvalue weighted by Gasteiger charge is 2.38. The van der Waals surface area contributed by atoms with Crippen LogP contribution in [-0.4, -0.2) is 62.3 Å². The number of carbonyl (C=O) groups is 3. The maximum absolute atomic E-state index is 15.2. The number of anilines is 1. The van der Waals surface area contributed by atoms with E-state index in [0.717, 1.165) is 16.5 Å². The number of aliphatic carboxylic acids is 1. The van der Waals surface area contributed by atoms with Crippen molar-refractivity contribution in [2.45, 2.75) is 37.8 Å². The van der Waals surface area contributed by atoms with Gasteiger partial charge in [-0.15, -0.1) is 11.3 Å². The highest BCUT2D eigenvalue weighted by Crippen LogP contribution is 2.37. The first-order valence-electron chi connectivity index (χ1n) is 12.8. The van der Waals surface area contributed by atoms with Gasteiger partial charge in [-0.05, 0) is 30.2 Å². The Hall–Kier alpha value is -3.87. The lowest BCUT2D eigenvalue weighted by Crippen LogP contribution is -2.33. The Balaban J connectivity index is 1.31. The van der Waals surface area contributed by atoms with Crippen LogP contribution in [-0.2, 0) is 34.2 Å². The van der Waals surface area contributed by atoms with Gasteiger partial charge in [0.15, 0.2) is 5.69 Å². The van der Waals surface area contributed by atoms with Crippen LogP contribution in [0.1, 0.15) is 44.8 Å². The summed E-state index contributed by atoms with van der Waals surface area (Å²) in [4.78, 5) is 44.2. The SMILES string of the molecule is COC1C[C@@H](c2ncc(CCC(=O)O)s2)N(C(=O)Cc2cc(Cl)c(NC(=O)c3nn(C)c4ccccc34)cc2F)C1. The number of carboxylic acids is 1. The number of methoxy groups -OCH3 is 1. The van der Waals surface area contributed by atoms with Gasteiger partial charge >= 0.3 is 5.97 Å². The number of amides is 2. The van der Waals surface area contributed by atoms with E-state index in [1.165, 1.54) is 17.4 Å². The molecule has 0 bridgehead atoms. The molecular formula is C28H27ClFN5O5S. The second kappa shape index (κ2) is 11.9. The van der Waals surface area contributed by atoms with E-state index < -0.39 is 17.7 Å². The minimum absolute atomic E-state index is 0.00935. The molecule has 2 atom stereocenters. The number of carbonyl (C=O) groups excluding carboxylic acids is 2. The van der Waals surface area contributed by atoms with Gasteiger partial charge in [-0.3, -0.25) is 19.1 Å². The molecule has 0 aliphatic carbocycles. The van der Waals surface area contributed by atoms with Gasteiger partial charge in [0.05, 0.1) is 41.2 Å². The number of hydrogen-bond acceptors (Lipinski definition) is 7. The number of para-hydroxylation sites is 1. The highest BCUT2D eigenvalue weighted by atomic mass is 35.5. The molecular weight excluding hydrogens is 573 g/mol. The Kier molecular flexibility index (Phi) is 8.34. The van der Waals surface area contributed by atoms with Gasteiger partial charge in [0.25, 0.3) is 5.91 Å². The summed E-state index contributed by atoms with van der Waals surface area (Å²) >= 11 is 7.78. The van der Waals surface area contributed by atoms with E-state index in [-0.39, 0.29) is 52.9 Å². The van der Waals surface area contributed by atoms with Gasteiger partial charge < -0.3 is 20.1 Å². The molecule has 1 aliphatic rings. The molecule has 1 aliphatic heterocycles. The fourth-order valence-electron chi connectivity index (χ4n) is 4.95. The van der Waals surface area contributed by atoms with Crippen molar-refractivity contribution in [1.29, 1.82) is 0 Å². The Bertz CT molecular complexity index is 1640. The van der Waals surface area contributed by atoms with Gasteiger partial charge in [0, 0.05) is 43.6 Å². The summed E-state index contributed by atoms with van der Waals surface area (Å²) in [5, 5.41) is 17.3. The summed E-state index contributed by atoms with van der Waals surface area (Å²) < 4.78 is 22.3. The fourth-order valence-corrected chi connectivity index (χ4v) is 6.22. The van der Waals surface area contributed by atoms with Crippen LogP contribution in [0.25, 0.3) is 10.9 Å². The quantitative estimate of drug-likeness (QED) is 0.287. The monoisotopic (exact) mass is 599 g/mol. The number of aromatic nitrogens is 3. The molecule has 10 nitrogen and oxygen atoms in total. The molecule has 0 saturated carbocycles. The van der Waals surface area contributed by atoms with Crippen LogP contribution in [0.2, 0.25) is 5.02 Å². The lowest BCUT2D eigenvalue weighted by Gasteiger charge is -2.23. The third kappa shape index (κ3) is 6.09. The van der Waals surface area contributed by atoms with Crippen molar-refractivity contribution < 1.29 is 28.6 Å². The maximum atomic E-state index is 15.2. The zero-order valence-electron chi connectivity index (χ0n) is 22.3. The smallest absolute Gasteiger partial charge is 0.303 e. The summed E-state index contributed by atoms with van der Waals surface area (Å²) in [5.41, 5.74) is 1.10. The number of aryl methyl sites for hydroxylation is 2. The third-order valence-corrected chi connectivity index (χ3v) is 8.53. The van der Waals surface area contributed by atoms with Crippen LogP contribution in [0.5, 0.6) is 0 Å². The van der Waals surface area contributed by atoms with Crippen molar-refractivity contribution in [2.24, 2.45) is 7.05 Å². The van der Waals surface area contributed by atoms with Crippen LogP contribution >= 0.6 is 22.9 Å². The predicted molar refractivity (Wildman–Crippen MR) is 152 cm³/mol. The number of nitrogens with zero attached hydrogens (tertiary/aromatic N) is 4. The predicted octanol–water partition coefficient (Wildman–Crippen LogP) is 4.62. The Morgan fingerprint density at radius 1 is 1.27 bits per heavy atom. The average Bonchev–Trinajstić information content (AvgIpc) is 3.67. The van der Waals surface area contributed by atoms with Gasteiger partial charge in [-0.25, -0.2) is 9.37 Å². The third-order valence-electron chi connectivity index (χ3n) is 7.06. The molecule has 0 spiro atoms. The van der Waals surface area contributed by atoms with Crippen molar-refractivity contribution in [3.8, 4) is 0 Å². The van der Waals surface area contributed by atoms with Crippen LogP contribution in [0.3, 0.4) is 0 Å². The number of thiazole rings is 1. The van der Waals surface area contributed by atoms with E-state index in [1.54, 1.807) is 42.1 Å². The number of nitrogens with one attached hydrogen (secondary N) is 1. The zero-order chi connectivity index (χ0) is 29.3. The lowest BCUT2D eigenvalue weighted by molar-refractivity contribution is -0.137. The average molecular weight is 600 g/mol. The number of benzene rings is 2. The highest BCUT2D eigenvalue weighted by molar-refractivity contribution is 7.11. The van der Waals surface area contributed by atoms with Crippen molar-refractivity contribution in [3.63, 3.8) is 0 Å². The van der Waals surface area contributed by atoms with E-state index in [9.17, 15) is 14.4 Å². The number of fused-ring (bicyclic) bond motifs is 1. The summed E-state index contributed by atoms with van der Waals surface area (Å²) in [6, 6.07) is 9.32. The molecule has 13 heteroatoms. The Morgan fingerprint density at radius 3 is 2.80 bits per heavy atom. The zero-order valence-corrected chi connectivity index (χ0v) is 23.8. The molecule has 2 aromatic heterocycles. The summed E-state index contributed by atoms with van der Waals surface area (Å²) in [7, 11) is 3.29.